The number of morpholine rings is 1. The third-order valence-electron chi connectivity index (χ3n) is 5.12. The molecule has 0 radical (unpaired) electrons. The van der Waals surface area contributed by atoms with Crippen LogP contribution in [0.3, 0.4) is 0 Å². The van der Waals surface area contributed by atoms with Crippen molar-refractivity contribution in [2.24, 2.45) is 16.6 Å². The van der Waals surface area contributed by atoms with Gasteiger partial charge in [-0.2, -0.15) is 0 Å². The molecule has 0 bridgehead atoms. The highest BCUT2D eigenvalue weighted by Crippen LogP contribution is 2.35. The van der Waals surface area contributed by atoms with E-state index in [4.69, 9.17) is 15.5 Å². The molecule has 1 aliphatic carbocycles. The lowest BCUT2D eigenvalue weighted by Gasteiger charge is -2.44. The largest absolute Gasteiger partial charge is 0.375 e. The van der Waals surface area contributed by atoms with Gasteiger partial charge in [0.2, 0.25) is 0 Å². The number of ether oxygens (including phenoxy) is 1. The molecular formula is C16H32N4O. The van der Waals surface area contributed by atoms with Crippen LogP contribution < -0.4 is 5.73 Å². The maximum atomic E-state index is 6.22. The first-order valence-corrected chi connectivity index (χ1v) is 8.27. The van der Waals surface area contributed by atoms with Gasteiger partial charge in [0, 0.05) is 18.6 Å². The lowest BCUT2D eigenvalue weighted by atomic mass is 9.75. The molecule has 5 nitrogen and oxygen atoms in total. The summed E-state index contributed by atoms with van der Waals surface area (Å²) < 4.78 is 5.56. The molecule has 3 unspecified atom stereocenters. The number of likely N-dealkylation sites (N-methyl/N-ethyl adjacent to an activating group) is 1. The average Bonchev–Trinajstić information content (AvgIpc) is 2.44. The molecule has 21 heavy (non-hydrogen) atoms. The van der Waals surface area contributed by atoms with E-state index in [1.807, 2.05) is 0 Å². The summed E-state index contributed by atoms with van der Waals surface area (Å²) in [5, 5.41) is 0. The monoisotopic (exact) mass is 296 g/mol. The number of nitrogens with two attached hydrogens (primary N) is 1. The molecular weight excluding hydrogens is 264 g/mol. The molecule has 2 N–H and O–H groups in total. The van der Waals surface area contributed by atoms with Crippen molar-refractivity contribution in [3.63, 3.8) is 0 Å². The van der Waals surface area contributed by atoms with Gasteiger partial charge < -0.3 is 20.3 Å². The highest BCUT2D eigenvalue weighted by atomic mass is 16.5. The standard InChI is InChI=1S/C16H32N4O/c1-13-6-5-7-16(10-13,19(3)4)12-18-15(17)20-8-9-21-14(2)11-20/h13-14H,5-12H2,1-4H3,(H2,17,18). The Morgan fingerprint density at radius 3 is 2.81 bits per heavy atom. The van der Waals surface area contributed by atoms with E-state index < -0.39 is 0 Å². The van der Waals surface area contributed by atoms with Gasteiger partial charge in [0.1, 0.15) is 0 Å². The third kappa shape index (κ3) is 4.10. The first kappa shape index (κ1) is 16.6. The number of rotatable bonds is 3. The minimum Gasteiger partial charge on any atom is -0.375 e. The number of hydrogen-bond donors (Lipinski definition) is 1. The lowest BCUT2D eigenvalue weighted by Crippen LogP contribution is -2.52. The van der Waals surface area contributed by atoms with Crippen LogP contribution in [0.1, 0.15) is 39.5 Å². The number of aliphatic imine (C=N–C) groups is 1. The van der Waals surface area contributed by atoms with Gasteiger partial charge in [-0.3, -0.25) is 4.99 Å². The van der Waals surface area contributed by atoms with E-state index in [2.05, 4.69) is 37.7 Å². The van der Waals surface area contributed by atoms with Crippen LogP contribution in [-0.2, 0) is 4.74 Å². The van der Waals surface area contributed by atoms with Crippen LogP contribution in [0.25, 0.3) is 0 Å². The van der Waals surface area contributed by atoms with Crippen LogP contribution in [-0.4, -0.2) is 67.7 Å². The van der Waals surface area contributed by atoms with Crippen LogP contribution >= 0.6 is 0 Å². The predicted molar refractivity (Wildman–Crippen MR) is 87.5 cm³/mol. The second-order valence-electron chi connectivity index (χ2n) is 7.12. The van der Waals surface area contributed by atoms with E-state index >= 15 is 0 Å². The SMILES string of the molecule is CC1CCCC(CN=C(N)N2CCOC(C)C2)(N(C)C)C1. The Bertz CT molecular complexity index is 371. The first-order chi connectivity index (χ1) is 9.93. The molecule has 0 aromatic carbocycles. The smallest absolute Gasteiger partial charge is 0.191 e. The molecule has 0 aromatic rings. The van der Waals surface area contributed by atoms with Gasteiger partial charge in [0.25, 0.3) is 0 Å². The van der Waals surface area contributed by atoms with E-state index in [-0.39, 0.29) is 11.6 Å². The van der Waals surface area contributed by atoms with E-state index in [1.54, 1.807) is 0 Å². The van der Waals surface area contributed by atoms with E-state index in [0.29, 0.717) is 5.96 Å². The highest BCUT2D eigenvalue weighted by Gasteiger charge is 2.37. The van der Waals surface area contributed by atoms with E-state index in [1.165, 1.54) is 25.7 Å². The third-order valence-corrected chi connectivity index (χ3v) is 5.12. The zero-order valence-corrected chi connectivity index (χ0v) is 14.1. The maximum absolute atomic E-state index is 6.22. The minimum atomic E-state index is 0.181. The summed E-state index contributed by atoms with van der Waals surface area (Å²) in [4.78, 5) is 9.28. The van der Waals surface area contributed by atoms with Crippen molar-refractivity contribution >= 4 is 5.96 Å². The summed E-state index contributed by atoms with van der Waals surface area (Å²) in [5.74, 6) is 1.46. The molecule has 2 aliphatic rings. The zero-order valence-electron chi connectivity index (χ0n) is 14.1. The van der Waals surface area contributed by atoms with Gasteiger partial charge >= 0.3 is 0 Å². The number of guanidine groups is 1. The summed E-state index contributed by atoms with van der Waals surface area (Å²) >= 11 is 0. The molecule has 1 saturated carbocycles. The molecule has 122 valence electrons. The predicted octanol–water partition coefficient (Wildman–Crippen LogP) is 1.53. The Morgan fingerprint density at radius 1 is 1.43 bits per heavy atom. The molecule has 0 spiro atoms. The van der Waals surface area contributed by atoms with Crippen molar-refractivity contribution in [3.8, 4) is 0 Å². The van der Waals surface area contributed by atoms with Gasteiger partial charge in [0.05, 0.1) is 19.3 Å². The number of nitrogens with zero attached hydrogens (tertiary/aromatic N) is 3. The van der Waals surface area contributed by atoms with Crippen molar-refractivity contribution in [2.75, 3.05) is 40.3 Å². The van der Waals surface area contributed by atoms with Crippen molar-refractivity contribution in [3.05, 3.63) is 0 Å². The normalized spacial score (nSPS) is 35.3. The summed E-state index contributed by atoms with van der Waals surface area (Å²) in [6.45, 7) is 7.69. The van der Waals surface area contributed by atoms with Gasteiger partial charge in [-0.05, 0) is 39.8 Å². The van der Waals surface area contributed by atoms with Crippen LogP contribution in [0.2, 0.25) is 0 Å². The molecule has 1 aliphatic heterocycles. The molecule has 5 heteroatoms. The van der Waals surface area contributed by atoms with E-state index in [9.17, 15) is 0 Å². The molecule has 2 rings (SSSR count). The Balaban J connectivity index is 2.01. The lowest BCUT2D eigenvalue weighted by molar-refractivity contribution is 0.00508. The highest BCUT2D eigenvalue weighted by molar-refractivity contribution is 5.78. The van der Waals surface area contributed by atoms with Crippen molar-refractivity contribution < 1.29 is 4.74 Å². The summed E-state index contributed by atoms with van der Waals surface area (Å²) in [7, 11) is 4.36. The molecule has 1 saturated heterocycles. The Labute approximate surface area is 129 Å². The van der Waals surface area contributed by atoms with E-state index in [0.717, 1.165) is 32.2 Å². The molecule has 0 amide bonds. The quantitative estimate of drug-likeness (QED) is 0.634. The summed E-state index contributed by atoms with van der Waals surface area (Å²) in [5.41, 5.74) is 6.40. The summed E-state index contributed by atoms with van der Waals surface area (Å²) in [6, 6.07) is 0. The van der Waals surface area contributed by atoms with Gasteiger partial charge in [-0.1, -0.05) is 19.8 Å². The van der Waals surface area contributed by atoms with Gasteiger partial charge in [0.15, 0.2) is 5.96 Å². The second-order valence-corrected chi connectivity index (χ2v) is 7.12. The Kier molecular flexibility index (Phi) is 5.49. The topological polar surface area (TPSA) is 54.1 Å². The van der Waals surface area contributed by atoms with Crippen molar-refractivity contribution in [2.45, 2.75) is 51.2 Å². The average molecular weight is 296 g/mol. The molecule has 3 atom stereocenters. The van der Waals surface area contributed by atoms with Crippen LogP contribution in [0.5, 0.6) is 0 Å². The fraction of sp³-hybridized carbons (Fsp3) is 0.938. The fourth-order valence-electron chi connectivity index (χ4n) is 3.68. The van der Waals surface area contributed by atoms with Gasteiger partial charge in [-0.25, -0.2) is 0 Å². The Hall–Kier alpha value is -0.810. The molecule has 0 aromatic heterocycles. The zero-order chi connectivity index (χ0) is 15.5. The summed E-state index contributed by atoms with van der Waals surface area (Å²) in [6.07, 6.45) is 5.32. The number of hydrogen-bond acceptors (Lipinski definition) is 3. The second kappa shape index (κ2) is 6.97. The maximum Gasteiger partial charge on any atom is 0.191 e. The minimum absolute atomic E-state index is 0.181. The Morgan fingerprint density at radius 2 is 2.19 bits per heavy atom. The van der Waals surface area contributed by atoms with Crippen molar-refractivity contribution in [1.82, 2.24) is 9.80 Å². The van der Waals surface area contributed by atoms with Gasteiger partial charge in [-0.15, -0.1) is 0 Å². The van der Waals surface area contributed by atoms with Crippen LogP contribution in [0.15, 0.2) is 4.99 Å². The van der Waals surface area contributed by atoms with Crippen molar-refractivity contribution in [1.29, 1.82) is 0 Å². The first-order valence-electron chi connectivity index (χ1n) is 8.27. The van der Waals surface area contributed by atoms with Crippen LogP contribution in [0, 0.1) is 5.92 Å². The van der Waals surface area contributed by atoms with Crippen LogP contribution in [0.4, 0.5) is 0 Å². The molecule has 2 fully saturated rings. The fourth-order valence-corrected chi connectivity index (χ4v) is 3.68. The molecule has 1 heterocycles.